The molecule has 0 unspecified atom stereocenters. The van der Waals surface area contributed by atoms with Gasteiger partial charge in [0.15, 0.2) is 11.9 Å². The number of hydrogen-bond donors (Lipinski definition) is 0. The molecule has 0 saturated heterocycles. The molecule has 0 saturated carbocycles. The number of halogens is 2. The van der Waals surface area contributed by atoms with Crippen molar-refractivity contribution in [1.29, 1.82) is 0 Å². The summed E-state index contributed by atoms with van der Waals surface area (Å²) >= 11 is 6.07. The summed E-state index contributed by atoms with van der Waals surface area (Å²) in [5.41, 5.74) is 2.62. The van der Waals surface area contributed by atoms with Crippen molar-refractivity contribution in [3.63, 3.8) is 0 Å². The maximum Gasteiger partial charge on any atom is 0.346 e. The van der Waals surface area contributed by atoms with E-state index in [9.17, 15) is 14.0 Å². The molecule has 3 aromatic heterocycles. The van der Waals surface area contributed by atoms with Gasteiger partial charge < -0.3 is 4.74 Å². The molecule has 164 valence electrons. The van der Waals surface area contributed by atoms with Crippen molar-refractivity contribution in [2.24, 2.45) is 0 Å². The summed E-state index contributed by atoms with van der Waals surface area (Å²) in [6, 6.07) is 13.3. The topological polar surface area (TPSA) is 79.7 Å². The molecular weight excluding hydrogens is 447 g/mol. The Hall–Kier alpha value is -4.04. The van der Waals surface area contributed by atoms with Gasteiger partial charge in [0.2, 0.25) is 11.3 Å². The van der Waals surface area contributed by atoms with Crippen LogP contribution in [0.1, 0.15) is 17.3 Å². The molecule has 9 heteroatoms. The van der Waals surface area contributed by atoms with Crippen molar-refractivity contribution in [2.75, 3.05) is 6.61 Å². The minimum absolute atomic E-state index is 0.146. The number of esters is 1. The van der Waals surface area contributed by atoms with E-state index in [-0.39, 0.29) is 18.0 Å². The van der Waals surface area contributed by atoms with E-state index >= 15 is 0 Å². The number of carbonyl (C=O) groups is 1. The third kappa shape index (κ3) is 3.54. The van der Waals surface area contributed by atoms with Gasteiger partial charge in [-0.15, -0.1) is 0 Å². The number of carbonyl (C=O) groups excluding carboxylic acids is 1. The standard InChI is InChI=1S/C24H16ClFN4O3/c1-2-33-24(32)18-11-27-21-20-19(14-3-5-15(25)6-4-14)12-29(17-9-7-16(26)8-10-17)22(20)28-13-30(21)23(18)31/h3-13H,2H2,1H3/p+1. The number of fused-ring (bicyclic) bond motifs is 3. The lowest BCUT2D eigenvalue weighted by Crippen LogP contribution is -2.27. The van der Waals surface area contributed by atoms with Crippen LogP contribution >= 0.6 is 11.6 Å². The fourth-order valence-corrected chi connectivity index (χ4v) is 3.90. The molecule has 3 heterocycles. The second-order valence-corrected chi connectivity index (χ2v) is 7.72. The molecule has 5 rings (SSSR count). The number of rotatable bonds is 4. The SMILES string of the molecule is CCOC(=O)c1cnc2c3c(-c4ccc(Cl)cc4)cn(-c4ccc(F)cc4)c3[nH+]cn2c1=O. The summed E-state index contributed by atoms with van der Waals surface area (Å²) in [4.78, 5) is 32.8. The summed E-state index contributed by atoms with van der Waals surface area (Å²) in [6.45, 7) is 1.81. The van der Waals surface area contributed by atoms with Gasteiger partial charge in [0, 0.05) is 10.6 Å². The van der Waals surface area contributed by atoms with Gasteiger partial charge in [-0.2, -0.15) is 4.40 Å². The van der Waals surface area contributed by atoms with E-state index in [4.69, 9.17) is 16.3 Å². The molecule has 0 spiro atoms. The van der Waals surface area contributed by atoms with E-state index in [1.165, 1.54) is 29.1 Å². The highest BCUT2D eigenvalue weighted by Gasteiger charge is 2.24. The summed E-state index contributed by atoms with van der Waals surface area (Å²) < 4.78 is 21.6. The van der Waals surface area contributed by atoms with Gasteiger partial charge in [0.05, 0.1) is 19.0 Å². The molecule has 0 bridgehead atoms. The average Bonchev–Trinajstić information content (AvgIpc) is 3.20. The van der Waals surface area contributed by atoms with Gasteiger partial charge >= 0.3 is 11.5 Å². The number of H-pyrrole nitrogens is 1. The third-order valence-corrected chi connectivity index (χ3v) is 5.56. The quantitative estimate of drug-likeness (QED) is 0.376. The fourth-order valence-electron chi connectivity index (χ4n) is 3.78. The first kappa shape index (κ1) is 20.8. The molecule has 0 amide bonds. The van der Waals surface area contributed by atoms with Crippen molar-refractivity contribution in [2.45, 2.75) is 6.92 Å². The lowest BCUT2D eigenvalue weighted by atomic mass is 10.1. The number of aromatic amines is 1. The highest BCUT2D eigenvalue weighted by atomic mass is 35.5. The molecule has 0 radical (unpaired) electrons. The summed E-state index contributed by atoms with van der Waals surface area (Å²) in [5, 5.41) is 1.24. The maximum absolute atomic E-state index is 13.5. The molecule has 7 nitrogen and oxygen atoms in total. The minimum atomic E-state index is -0.730. The second-order valence-electron chi connectivity index (χ2n) is 7.28. The zero-order valence-corrected chi connectivity index (χ0v) is 18.1. The average molecular weight is 464 g/mol. The molecule has 0 aliphatic rings. The molecule has 2 aromatic carbocycles. The zero-order valence-electron chi connectivity index (χ0n) is 17.4. The summed E-state index contributed by atoms with van der Waals surface area (Å²) in [5.74, 6) is -1.08. The molecule has 1 N–H and O–H groups in total. The van der Waals surface area contributed by atoms with E-state index in [2.05, 4.69) is 9.97 Å². The van der Waals surface area contributed by atoms with Crippen LogP contribution < -0.4 is 10.5 Å². The second kappa shape index (κ2) is 8.14. The third-order valence-electron chi connectivity index (χ3n) is 5.31. The van der Waals surface area contributed by atoms with Crippen LogP contribution in [0.4, 0.5) is 4.39 Å². The largest absolute Gasteiger partial charge is 0.462 e. The van der Waals surface area contributed by atoms with Gasteiger partial charge in [0.25, 0.3) is 0 Å². The van der Waals surface area contributed by atoms with Gasteiger partial charge in [0.1, 0.15) is 16.9 Å². The maximum atomic E-state index is 13.5. The molecule has 5 aromatic rings. The first-order valence-corrected chi connectivity index (χ1v) is 10.5. The molecule has 33 heavy (non-hydrogen) atoms. The van der Waals surface area contributed by atoms with Crippen LogP contribution in [-0.4, -0.2) is 26.5 Å². The van der Waals surface area contributed by atoms with Crippen molar-refractivity contribution in [3.05, 3.63) is 94.0 Å². The lowest BCUT2D eigenvalue weighted by Gasteiger charge is -2.04. The molecule has 0 aliphatic carbocycles. The van der Waals surface area contributed by atoms with Crippen LogP contribution in [0.25, 0.3) is 33.5 Å². The Labute approximate surface area is 191 Å². The Morgan fingerprint density at radius 1 is 1.15 bits per heavy atom. The smallest absolute Gasteiger partial charge is 0.346 e. The first-order valence-electron chi connectivity index (χ1n) is 10.1. The first-order chi connectivity index (χ1) is 16.0. The van der Waals surface area contributed by atoms with Crippen molar-refractivity contribution in [3.8, 4) is 16.8 Å². The number of nitrogens with one attached hydrogen (secondary N) is 1. The monoisotopic (exact) mass is 463 g/mol. The number of ether oxygens (including phenoxy) is 1. The highest BCUT2D eigenvalue weighted by Crippen LogP contribution is 2.33. The normalized spacial score (nSPS) is 11.2. The van der Waals surface area contributed by atoms with Crippen LogP contribution in [0.15, 0.2) is 72.0 Å². The van der Waals surface area contributed by atoms with Gasteiger partial charge in [-0.25, -0.2) is 23.5 Å². The number of aromatic nitrogens is 4. The van der Waals surface area contributed by atoms with E-state index in [0.29, 0.717) is 27.4 Å². The van der Waals surface area contributed by atoms with Gasteiger partial charge in [-0.05, 0) is 48.9 Å². The summed E-state index contributed by atoms with van der Waals surface area (Å²) in [7, 11) is 0. The minimum Gasteiger partial charge on any atom is -0.462 e. The van der Waals surface area contributed by atoms with E-state index in [1.807, 2.05) is 22.9 Å². The fraction of sp³-hybridized carbons (Fsp3) is 0.0833. The van der Waals surface area contributed by atoms with E-state index in [0.717, 1.165) is 11.1 Å². The zero-order chi connectivity index (χ0) is 23.1. The van der Waals surface area contributed by atoms with Crippen molar-refractivity contribution < 1.29 is 18.9 Å². The number of hydrogen-bond acceptors (Lipinski definition) is 4. The lowest BCUT2D eigenvalue weighted by molar-refractivity contribution is -0.354. The molecule has 0 aliphatic heterocycles. The Morgan fingerprint density at radius 2 is 1.88 bits per heavy atom. The van der Waals surface area contributed by atoms with Gasteiger partial charge in [-0.3, -0.25) is 4.98 Å². The number of benzene rings is 2. The predicted molar refractivity (Wildman–Crippen MR) is 121 cm³/mol. The van der Waals surface area contributed by atoms with Crippen molar-refractivity contribution >= 4 is 34.3 Å². The molecule has 0 atom stereocenters. The Balaban J connectivity index is 1.84. The summed E-state index contributed by atoms with van der Waals surface area (Å²) in [6.07, 6.45) is 4.56. The van der Waals surface area contributed by atoms with E-state index < -0.39 is 11.5 Å². The van der Waals surface area contributed by atoms with Crippen LogP contribution in [0.2, 0.25) is 5.02 Å². The molecular formula is C24H17ClFN4O3+. The van der Waals surface area contributed by atoms with Crippen LogP contribution in [0.5, 0.6) is 0 Å². The van der Waals surface area contributed by atoms with E-state index in [1.54, 1.807) is 31.2 Å². The van der Waals surface area contributed by atoms with Crippen LogP contribution in [-0.2, 0) is 4.74 Å². The predicted octanol–water partition coefficient (Wildman–Crippen LogP) is 4.09. The Morgan fingerprint density at radius 3 is 2.58 bits per heavy atom. The Bertz CT molecular complexity index is 1570. The van der Waals surface area contributed by atoms with Crippen LogP contribution in [0, 0.1) is 5.82 Å². The van der Waals surface area contributed by atoms with Crippen LogP contribution in [0.3, 0.4) is 0 Å². The van der Waals surface area contributed by atoms with Crippen molar-refractivity contribution in [1.82, 2.24) is 14.0 Å². The number of nitrogens with zero attached hydrogens (tertiary/aromatic N) is 3. The Kier molecular flexibility index (Phi) is 5.14. The molecule has 0 fully saturated rings. The van der Waals surface area contributed by atoms with Gasteiger partial charge in [-0.1, -0.05) is 23.7 Å². The highest BCUT2D eigenvalue weighted by molar-refractivity contribution is 6.30.